The van der Waals surface area contributed by atoms with E-state index >= 15 is 0 Å². The molecule has 11 heteroatoms. The van der Waals surface area contributed by atoms with Crippen LogP contribution in [0.4, 0.5) is 26.3 Å². The zero-order chi connectivity index (χ0) is 18.9. The van der Waals surface area contributed by atoms with Gasteiger partial charge >= 0.3 is 12.4 Å². The van der Waals surface area contributed by atoms with Gasteiger partial charge in [0.2, 0.25) is 0 Å². The van der Waals surface area contributed by atoms with E-state index in [1.165, 1.54) is 12.4 Å². The highest BCUT2D eigenvalue weighted by Crippen LogP contribution is 2.28. The van der Waals surface area contributed by atoms with E-state index in [0.717, 1.165) is 21.5 Å². The molecule has 26 heavy (non-hydrogen) atoms. The van der Waals surface area contributed by atoms with Crippen molar-refractivity contribution in [2.75, 3.05) is 0 Å². The Morgan fingerprint density at radius 3 is 1.46 bits per heavy atom. The first-order valence-corrected chi connectivity index (χ1v) is 7.27. The Morgan fingerprint density at radius 2 is 1.12 bits per heavy atom. The number of hydrogen-bond donors (Lipinski definition) is 0. The fourth-order valence-electron chi connectivity index (χ4n) is 2.24. The average molecular weight is 375 g/mol. The monoisotopic (exact) mass is 375 g/mol. The molecule has 138 valence electrons. The summed E-state index contributed by atoms with van der Waals surface area (Å²) < 4.78 is 77.5. The van der Waals surface area contributed by atoms with Crippen molar-refractivity contribution in [2.45, 2.75) is 25.4 Å². The molecule has 0 radical (unpaired) electrons. The number of aromatic nitrogens is 5. The Bertz CT molecular complexity index is 823. The summed E-state index contributed by atoms with van der Waals surface area (Å²) in [6, 6.07) is 6.49. The zero-order valence-electron chi connectivity index (χ0n) is 13.0. The molecule has 3 aromatic heterocycles. The molecular weight excluding hydrogens is 364 g/mol. The van der Waals surface area contributed by atoms with Crippen LogP contribution in [0.5, 0.6) is 0 Å². The first-order valence-electron chi connectivity index (χ1n) is 7.27. The normalized spacial score (nSPS) is 12.5. The molecule has 0 aromatic carbocycles. The first-order chi connectivity index (χ1) is 12.1. The predicted molar refractivity (Wildman–Crippen MR) is 76.9 cm³/mol. The van der Waals surface area contributed by atoms with Gasteiger partial charge in [-0.05, 0) is 24.3 Å². The Balaban J connectivity index is 1.72. The van der Waals surface area contributed by atoms with Gasteiger partial charge in [0.15, 0.2) is 11.4 Å². The van der Waals surface area contributed by atoms with E-state index in [2.05, 4.69) is 15.2 Å². The fourth-order valence-corrected chi connectivity index (χ4v) is 2.24. The van der Waals surface area contributed by atoms with Gasteiger partial charge in [-0.1, -0.05) is 6.07 Å². The fraction of sp³-hybridized carbons (Fsp3) is 0.267. The van der Waals surface area contributed by atoms with Crippen LogP contribution in [-0.4, -0.2) is 24.5 Å². The Morgan fingerprint density at radius 1 is 0.692 bits per heavy atom. The largest absolute Gasteiger partial charge is 0.435 e. The Labute approximate surface area is 142 Å². The van der Waals surface area contributed by atoms with Crippen molar-refractivity contribution < 1.29 is 26.3 Å². The van der Waals surface area contributed by atoms with Gasteiger partial charge in [0, 0.05) is 12.4 Å². The molecule has 0 unspecified atom stereocenters. The van der Waals surface area contributed by atoms with E-state index in [1.54, 1.807) is 18.2 Å². The molecule has 0 saturated heterocycles. The molecule has 5 nitrogen and oxygen atoms in total. The molecule has 0 aliphatic heterocycles. The molecule has 0 bridgehead atoms. The first kappa shape index (κ1) is 18.0. The average Bonchev–Trinajstić information content (AvgIpc) is 3.16. The van der Waals surface area contributed by atoms with Gasteiger partial charge in [0.05, 0.1) is 24.5 Å². The number of nitrogens with zero attached hydrogens (tertiary/aromatic N) is 5. The molecule has 3 heterocycles. The van der Waals surface area contributed by atoms with Crippen LogP contribution in [-0.2, 0) is 25.4 Å². The van der Waals surface area contributed by atoms with Gasteiger partial charge in [0.1, 0.15) is 0 Å². The van der Waals surface area contributed by atoms with Gasteiger partial charge in [0.25, 0.3) is 0 Å². The van der Waals surface area contributed by atoms with Gasteiger partial charge in [-0.3, -0.25) is 14.3 Å². The van der Waals surface area contributed by atoms with Gasteiger partial charge in [-0.15, -0.1) is 0 Å². The van der Waals surface area contributed by atoms with Crippen LogP contribution < -0.4 is 0 Å². The lowest BCUT2D eigenvalue weighted by molar-refractivity contribution is -0.142. The maximum absolute atomic E-state index is 12.6. The van der Waals surface area contributed by atoms with Crippen molar-refractivity contribution in [3.8, 4) is 0 Å². The topological polar surface area (TPSA) is 48.5 Å². The molecule has 0 aliphatic carbocycles. The molecule has 0 N–H and O–H groups in total. The Kier molecular flexibility index (Phi) is 4.46. The maximum Gasteiger partial charge on any atom is 0.435 e. The summed E-state index contributed by atoms with van der Waals surface area (Å²) in [4.78, 5) is 4.22. The van der Waals surface area contributed by atoms with Crippen molar-refractivity contribution in [1.29, 1.82) is 0 Å². The maximum atomic E-state index is 12.6. The quantitative estimate of drug-likeness (QED) is 0.655. The summed E-state index contributed by atoms with van der Waals surface area (Å²) in [5.74, 6) is 0. The van der Waals surface area contributed by atoms with E-state index < -0.39 is 23.7 Å². The van der Waals surface area contributed by atoms with E-state index in [1.807, 2.05) is 0 Å². The summed E-state index contributed by atoms with van der Waals surface area (Å²) in [6.45, 7) is -0.00629. The highest BCUT2D eigenvalue weighted by Gasteiger charge is 2.34. The van der Waals surface area contributed by atoms with Crippen molar-refractivity contribution in [2.24, 2.45) is 0 Å². The van der Waals surface area contributed by atoms with Crippen molar-refractivity contribution in [1.82, 2.24) is 24.5 Å². The van der Waals surface area contributed by atoms with Gasteiger partial charge in [-0.2, -0.15) is 36.5 Å². The highest BCUT2D eigenvalue weighted by molar-refractivity contribution is 5.13. The minimum absolute atomic E-state index is 0.00315. The Hall–Kier alpha value is -2.85. The van der Waals surface area contributed by atoms with Crippen LogP contribution in [0.3, 0.4) is 0 Å². The van der Waals surface area contributed by atoms with E-state index in [9.17, 15) is 26.3 Å². The van der Waals surface area contributed by atoms with Crippen molar-refractivity contribution in [3.05, 3.63) is 65.5 Å². The molecule has 0 atom stereocenters. The summed E-state index contributed by atoms with van der Waals surface area (Å²) in [5.41, 5.74) is -1.18. The second kappa shape index (κ2) is 6.46. The van der Waals surface area contributed by atoms with Crippen LogP contribution in [0.15, 0.2) is 42.7 Å². The molecule has 0 saturated carbocycles. The number of hydrogen-bond acceptors (Lipinski definition) is 3. The lowest BCUT2D eigenvalue weighted by Crippen LogP contribution is -2.11. The third-order valence-electron chi connectivity index (χ3n) is 3.37. The molecule has 3 aromatic rings. The highest BCUT2D eigenvalue weighted by atomic mass is 19.4. The second-order valence-electron chi connectivity index (χ2n) is 5.41. The number of pyridine rings is 1. The van der Waals surface area contributed by atoms with E-state index in [-0.39, 0.29) is 13.1 Å². The SMILES string of the molecule is FC(F)(F)c1ccn(Cc2cccc(Cn3ccc(C(F)(F)F)n3)n2)n1. The lowest BCUT2D eigenvalue weighted by Gasteiger charge is -2.06. The van der Waals surface area contributed by atoms with Crippen LogP contribution in [0.1, 0.15) is 22.8 Å². The zero-order valence-corrected chi connectivity index (χ0v) is 13.0. The van der Waals surface area contributed by atoms with E-state index in [0.29, 0.717) is 11.4 Å². The minimum Gasteiger partial charge on any atom is -0.266 e. The predicted octanol–water partition coefficient (Wildman–Crippen LogP) is 3.61. The third kappa shape index (κ3) is 4.21. The smallest absolute Gasteiger partial charge is 0.266 e. The van der Waals surface area contributed by atoms with Crippen LogP contribution in [0.25, 0.3) is 0 Å². The molecule has 3 rings (SSSR count). The lowest BCUT2D eigenvalue weighted by atomic mass is 10.3. The number of rotatable bonds is 4. The summed E-state index contributed by atoms with van der Waals surface area (Å²) in [5, 5.41) is 6.86. The van der Waals surface area contributed by atoms with Gasteiger partial charge < -0.3 is 0 Å². The van der Waals surface area contributed by atoms with Crippen LogP contribution >= 0.6 is 0 Å². The molecule has 0 aliphatic rings. The molecule has 0 fully saturated rings. The number of alkyl halides is 6. The third-order valence-corrected chi connectivity index (χ3v) is 3.37. The summed E-state index contributed by atoms with van der Waals surface area (Å²) in [6.07, 6.45) is -6.70. The van der Waals surface area contributed by atoms with E-state index in [4.69, 9.17) is 0 Å². The standard InChI is InChI=1S/C15H11F6N5/c16-14(17,18)12-4-6-25(23-12)8-10-2-1-3-11(22-10)9-26-7-5-13(24-26)15(19,20)21/h1-7H,8-9H2. The van der Waals surface area contributed by atoms with Crippen LogP contribution in [0.2, 0.25) is 0 Å². The van der Waals surface area contributed by atoms with Gasteiger partial charge in [-0.25, -0.2) is 0 Å². The second-order valence-corrected chi connectivity index (χ2v) is 5.41. The minimum atomic E-state index is -4.53. The van der Waals surface area contributed by atoms with Crippen LogP contribution in [0, 0.1) is 0 Å². The van der Waals surface area contributed by atoms with Crippen molar-refractivity contribution >= 4 is 0 Å². The summed E-state index contributed by atoms with van der Waals surface area (Å²) >= 11 is 0. The molecule has 0 spiro atoms. The number of halogens is 6. The van der Waals surface area contributed by atoms with Crippen molar-refractivity contribution in [3.63, 3.8) is 0 Å². The summed E-state index contributed by atoms with van der Waals surface area (Å²) in [7, 11) is 0. The molecular formula is C15H11F6N5. The molecule has 0 amide bonds.